The van der Waals surface area contributed by atoms with Crippen molar-refractivity contribution in [1.29, 1.82) is 0 Å². The van der Waals surface area contributed by atoms with Crippen LogP contribution in [-0.2, 0) is 15.3 Å². The van der Waals surface area contributed by atoms with Gasteiger partial charge in [0.25, 0.3) is 5.91 Å². The topological polar surface area (TPSA) is 98.2 Å². The number of benzene rings is 1. The Morgan fingerprint density at radius 2 is 1.94 bits per heavy atom. The van der Waals surface area contributed by atoms with E-state index in [0.29, 0.717) is 23.9 Å². The zero-order valence-corrected chi connectivity index (χ0v) is 19.1. The number of hydrogen-bond donors (Lipinski definition) is 1. The van der Waals surface area contributed by atoms with E-state index in [1.165, 1.54) is 12.3 Å². The van der Waals surface area contributed by atoms with Crippen LogP contribution in [0.2, 0.25) is 0 Å². The molecule has 1 N–H and O–H groups in total. The fraction of sp³-hybridized carbons (Fsp3) is 0.435. The third kappa shape index (κ3) is 7.17. The van der Waals surface area contributed by atoms with Crippen molar-refractivity contribution in [2.45, 2.75) is 51.5 Å². The summed E-state index contributed by atoms with van der Waals surface area (Å²) in [6, 6.07) is 8.71. The van der Waals surface area contributed by atoms with E-state index in [4.69, 9.17) is 4.74 Å². The molecule has 31 heavy (non-hydrogen) atoms. The SMILES string of the molecule is CC(C)(C)c1ncc(C(=O)NC(C=CS(C)(=O)=O)CC2CC2)c(Oc2ccccc2)n1. The van der Waals surface area contributed by atoms with Gasteiger partial charge >= 0.3 is 0 Å². The summed E-state index contributed by atoms with van der Waals surface area (Å²) in [7, 11) is -3.29. The van der Waals surface area contributed by atoms with E-state index in [1.54, 1.807) is 12.1 Å². The monoisotopic (exact) mass is 443 g/mol. The lowest BCUT2D eigenvalue weighted by molar-refractivity contribution is 0.0938. The van der Waals surface area contributed by atoms with Crippen molar-refractivity contribution < 1.29 is 17.9 Å². The van der Waals surface area contributed by atoms with E-state index in [-0.39, 0.29) is 16.9 Å². The predicted molar refractivity (Wildman–Crippen MR) is 120 cm³/mol. The van der Waals surface area contributed by atoms with E-state index < -0.39 is 21.8 Å². The molecule has 0 bridgehead atoms. The van der Waals surface area contributed by atoms with Gasteiger partial charge < -0.3 is 10.1 Å². The maximum Gasteiger partial charge on any atom is 0.258 e. The second kappa shape index (κ2) is 9.18. The number of amides is 1. The molecule has 0 spiro atoms. The molecule has 0 saturated heterocycles. The van der Waals surface area contributed by atoms with E-state index in [0.717, 1.165) is 24.5 Å². The second-order valence-electron chi connectivity index (χ2n) is 8.99. The predicted octanol–water partition coefficient (Wildman–Crippen LogP) is 4.02. The number of carbonyl (C=O) groups excluding carboxylic acids is 1. The average molecular weight is 444 g/mol. The van der Waals surface area contributed by atoms with Crippen LogP contribution in [0.4, 0.5) is 0 Å². The fourth-order valence-electron chi connectivity index (χ4n) is 2.94. The highest BCUT2D eigenvalue weighted by Gasteiger charge is 2.28. The molecule has 3 rings (SSSR count). The molecule has 1 unspecified atom stereocenters. The van der Waals surface area contributed by atoms with Gasteiger partial charge in [0.15, 0.2) is 9.84 Å². The maximum atomic E-state index is 13.1. The second-order valence-corrected chi connectivity index (χ2v) is 10.9. The standard InChI is InChI=1S/C23H29N3O4S/c1-23(2,3)22-24-15-19(21(26-22)30-18-8-6-5-7-9-18)20(27)25-17(14-16-10-11-16)12-13-31(4,28)29/h5-9,12-13,15-17H,10-11,14H2,1-4H3,(H,25,27). The lowest BCUT2D eigenvalue weighted by Crippen LogP contribution is -2.34. The number of nitrogens with one attached hydrogen (secondary N) is 1. The van der Waals surface area contributed by atoms with Crippen LogP contribution in [-0.4, -0.2) is 36.6 Å². The summed E-state index contributed by atoms with van der Waals surface area (Å²) in [5.74, 6) is 1.37. The summed E-state index contributed by atoms with van der Waals surface area (Å²) in [5.41, 5.74) is -0.123. The molecular weight excluding hydrogens is 414 g/mol. The Morgan fingerprint density at radius 1 is 1.26 bits per heavy atom. The Morgan fingerprint density at radius 3 is 2.52 bits per heavy atom. The molecule has 0 radical (unpaired) electrons. The number of para-hydroxylation sites is 1. The molecule has 0 aliphatic heterocycles. The van der Waals surface area contributed by atoms with Crippen LogP contribution >= 0.6 is 0 Å². The molecule has 8 heteroatoms. The number of ether oxygens (including phenoxy) is 1. The zero-order chi connectivity index (χ0) is 22.6. The van der Waals surface area contributed by atoms with Crippen molar-refractivity contribution in [3.05, 3.63) is 59.4 Å². The molecule has 1 amide bonds. The van der Waals surface area contributed by atoms with Gasteiger partial charge in [-0.15, -0.1) is 0 Å². The smallest absolute Gasteiger partial charge is 0.258 e. The lowest BCUT2D eigenvalue weighted by atomic mass is 9.95. The molecule has 1 heterocycles. The summed E-state index contributed by atoms with van der Waals surface area (Å²) in [4.78, 5) is 22.0. The lowest BCUT2D eigenvalue weighted by Gasteiger charge is -2.20. The minimum atomic E-state index is -3.29. The molecular formula is C23H29N3O4S. The van der Waals surface area contributed by atoms with Gasteiger partial charge in [-0.3, -0.25) is 4.79 Å². The van der Waals surface area contributed by atoms with Gasteiger partial charge in [0.2, 0.25) is 5.88 Å². The Kier molecular flexibility index (Phi) is 6.79. The Balaban J connectivity index is 1.89. The molecule has 1 aromatic carbocycles. The Hall–Kier alpha value is -2.74. The van der Waals surface area contributed by atoms with Crippen molar-refractivity contribution in [1.82, 2.24) is 15.3 Å². The summed E-state index contributed by atoms with van der Waals surface area (Å²) in [5, 5.41) is 4.05. The van der Waals surface area contributed by atoms with E-state index >= 15 is 0 Å². The molecule has 1 aromatic heterocycles. The van der Waals surface area contributed by atoms with Gasteiger partial charge in [0.1, 0.15) is 17.1 Å². The summed E-state index contributed by atoms with van der Waals surface area (Å²) in [6.07, 6.45) is 7.00. The number of aromatic nitrogens is 2. The molecule has 1 atom stereocenters. The third-order valence-electron chi connectivity index (χ3n) is 4.79. The molecule has 1 aliphatic carbocycles. The number of rotatable bonds is 8. The molecule has 1 saturated carbocycles. The first-order chi connectivity index (χ1) is 14.5. The molecule has 2 aromatic rings. The van der Waals surface area contributed by atoms with Gasteiger partial charge in [-0.1, -0.05) is 57.9 Å². The highest BCUT2D eigenvalue weighted by atomic mass is 32.2. The minimum Gasteiger partial charge on any atom is -0.438 e. The number of sulfone groups is 1. The van der Waals surface area contributed by atoms with Gasteiger partial charge in [0.05, 0.1) is 0 Å². The van der Waals surface area contributed by atoms with Gasteiger partial charge in [-0.05, 0) is 24.5 Å². The molecule has 1 fully saturated rings. The molecule has 166 valence electrons. The van der Waals surface area contributed by atoms with Gasteiger partial charge in [-0.2, -0.15) is 4.98 Å². The largest absolute Gasteiger partial charge is 0.438 e. The first-order valence-electron chi connectivity index (χ1n) is 10.3. The Bertz CT molecular complexity index is 1060. The van der Waals surface area contributed by atoms with Crippen LogP contribution in [0.1, 0.15) is 56.2 Å². The van der Waals surface area contributed by atoms with Crippen molar-refractivity contribution in [3.63, 3.8) is 0 Å². The fourth-order valence-corrected chi connectivity index (χ4v) is 3.42. The van der Waals surface area contributed by atoms with E-state index in [9.17, 15) is 13.2 Å². The average Bonchev–Trinajstić information content (AvgIpc) is 3.49. The van der Waals surface area contributed by atoms with Crippen molar-refractivity contribution in [2.24, 2.45) is 5.92 Å². The summed E-state index contributed by atoms with van der Waals surface area (Å²) in [6.45, 7) is 5.95. The number of nitrogens with zero attached hydrogens (tertiary/aromatic N) is 2. The van der Waals surface area contributed by atoms with Crippen LogP contribution in [0, 0.1) is 5.92 Å². The van der Waals surface area contributed by atoms with Gasteiger partial charge in [0, 0.05) is 29.3 Å². The van der Waals surface area contributed by atoms with E-state index in [2.05, 4.69) is 15.3 Å². The van der Waals surface area contributed by atoms with Crippen molar-refractivity contribution in [2.75, 3.05) is 6.26 Å². The van der Waals surface area contributed by atoms with Crippen molar-refractivity contribution >= 4 is 15.7 Å². The number of hydrogen-bond acceptors (Lipinski definition) is 6. The third-order valence-corrected chi connectivity index (χ3v) is 5.44. The van der Waals surface area contributed by atoms with Crippen LogP contribution in [0.15, 0.2) is 48.0 Å². The summed E-state index contributed by atoms with van der Waals surface area (Å²) >= 11 is 0. The van der Waals surface area contributed by atoms with E-state index in [1.807, 2.05) is 39.0 Å². The van der Waals surface area contributed by atoms with Crippen LogP contribution in [0.5, 0.6) is 11.6 Å². The minimum absolute atomic E-state index is 0.167. The maximum absolute atomic E-state index is 13.1. The Labute approximate surface area is 183 Å². The zero-order valence-electron chi connectivity index (χ0n) is 18.3. The molecule has 1 aliphatic rings. The highest BCUT2D eigenvalue weighted by molar-refractivity contribution is 7.93. The molecule has 7 nitrogen and oxygen atoms in total. The van der Waals surface area contributed by atoms with Crippen LogP contribution < -0.4 is 10.1 Å². The van der Waals surface area contributed by atoms with Crippen molar-refractivity contribution in [3.8, 4) is 11.6 Å². The number of carbonyl (C=O) groups is 1. The van der Waals surface area contributed by atoms with Crippen LogP contribution in [0.25, 0.3) is 0 Å². The highest BCUT2D eigenvalue weighted by Crippen LogP contribution is 2.34. The van der Waals surface area contributed by atoms with Crippen LogP contribution in [0.3, 0.4) is 0 Å². The first kappa shape index (κ1) is 22.9. The normalized spacial score (nSPS) is 15.6. The first-order valence-corrected chi connectivity index (χ1v) is 12.3. The quantitative estimate of drug-likeness (QED) is 0.662. The summed E-state index contributed by atoms with van der Waals surface area (Å²) < 4.78 is 29.0. The van der Waals surface area contributed by atoms with Gasteiger partial charge in [-0.25, -0.2) is 13.4 Å².